The molecule has 0 atom stereocenters. The van der Waals surface area contributed by atoms with E-state index in [2.05, 4.69) is 123 Å². The number of allylic oxidation sites excluding steroid dienone is 1. The van der Waals surface area contributed by atoms with Gasteiger partial charge in [-0.15, -0.1) is 5.54 Å². The van der Waals surface area contributed by atoms with E-state index >= 15 is 0 Å². The molecular weight excluding hydrogens is 349 g/mol. The van der Waals surface area contributed by atoms with Crippen LogP contribution >= 0.6 is 0 Å². The van der Waals surface area contributed by atoms with Crippen LogP contribution in [-0.4, -0.2) is 23.3 Å². The molecule has 2 aromatic carbocycles. The summed E-state index contributed by atoms with van der Waals surface area (Å²) >= 11 is 0. The van der Waals surface area contributed by atoms with Crippen molar-refractivity contribution in [1.82, 2.24) is 0 Å². The van der Waals surface area contributed by atoms with Crippen molar-refractivity contribution in [2.24, 2.45) is 0 Å². The van der Waals surface area contributed by atoms with Gasteiger partial charge in [-0.3, -0.25) is 0 Å². The van der Waals surface area contributed by atoms with E-state index in [4.69, 9.17) is 0 Å². The van der Waals surface area contributed by atoms with Gasteiger partial charge in [-0.25, -0.2) is 0 Å². The number of hydrogen-bond acceptors (Lipinski definition) is 0. The molecule has 0 unspecified atom stereocenters. The highest BCUT2D eigenvalue weighted by Gasteiger charge is 2.35. The maximum absolute atomic E-state index is 3.66. The highest BCUT2D eigenvalue weighted by molar-refractivity contribution is 7.43. The van der Waals surface area contributed by atoms with Gasteiger partial charge in [-0.2, -0.15) is 0 Å². The fraction of sp³-hybridized carbons (Fsp3) is 0.273. The van der Waals surface area contributed by atoms with Gasteiger partial charge < -0.3 is 0 Å². The molecular formula is C22H30Si3. The summed E-state index contributed by atoms with van der Waals surface area (Å²) in [6.07, 6.45) is 2.14. The van der Waals surface area contributed by atoms with Gasteiger partial charge in [0.05, 0.1) is 7.59 Å². The third-order valence-corrected chi connectivity index (χ3v) is 25.5. The number of hydrogen-bond donors (Lipinski definition) is 0. The summed E-state index contributed by atoms with van der Waals surface area (Å²) in [4.78, 5) is 0. The molecule has 0 fully saturated rings. The molecule has 25 heavy (non-hydrogen) atoms. The number of benzene rings is 2. The first-order chi connectivity index (χ1) is 11.7. The molecule has 0 heterocycles. The van der Waals surface area contributed by atoms with Crippen molar-refractivity contribution >= 4 is 33.6 Å². The zero-order chi connectivity index (χ0) is 18.6. The normalized spacial score (nSPS) is 12.7. The van der Waals surface area contributed by atoms with Crippen LogP contribution in [0.1, 0.15) is 0 Å². The minimum absolute atomic E-state index is 1.17. The average molecular weight is 379 g/mol. The predicted molar refractivity (Wildman–Crippen MR) is 122 cm³/mol. The van der Waals surface area contributed by atoms with Crippen LogP contribution < -0.4 is 10.4 Å². The van der Waals surface area contributed by atoms with Gasteiger partial charge in [-0.1, -0.05) is 122 Å². The Hall–Kier alpha value is -1.61. The summed E-state index contributed by atoms with van der Waals surface area (Å²) in [7, 11) is -4.48. The fourth-order valence-corrected chi connectivity index (χ4v) is 7.61. The summed E-state index contributed by atoms with van der Waals surface area (Å²) in [5, 5.41) is 2.86. The Labute approximate surface area is 156 Å². The largest absolute Gasteiger partial charge is 0.138 e. The van der Waals surface area contributed by atoms with Gasteiger partial charge in [0.25, 0.3) is 0 Å². The zero-order valence-corrected chi connectivity index (χ0v) is 19.4. The lowest BCUT2D eigenvalue weighted by Crippen LogP contribution is -2.54. The number of rotatable bonds is 4. The molecule has 0 spiro atoms. The van der Waals surface area contributed by atoms with E-state index < -0.39 is 23.3 Å². The Balaban J connectivity index is 2.40. The van der Waals surface area contributed by atoms with E-state index in [1.807, 2.05) is 0 Å². The van der Waals surface area contributed by atoms with Gasteiger partial charge in [0.1, 0.15) is 15.7 Å². The van der Waals surface area contributed by atoms with Crippen molar-refractivity contribution in [3.8, 4) is 11.5 Å². The van der Waals surface area contributed by atoms with Gasteiger partial charge in [-0.05, 0) is 6.08 Å². The van der Waals surface area contributed by atoms with Gasteiger partial charge in [0.15, 0.2) is 0 Å². The predicted octanol–water partition coefficient (Wildman–Crippen LogP) is 4.64. The molecule has 0 aliphatic carbocycles. The van der Waals surface area contributed by atoms with Crippen LogP contribution in [0, 0.1) is 11.5 Å². The van der Waals surface area contributed by atoms with E-state index in [1.165, 1.54) is 10.4 Å². The molecule has 0 amide bonds. The molecule has 0 saturated heterocycles. The van der Waals surface area contributed by atoms with E-state index in [1.54, 1.807) is 0 Å². The first kappa shape index (κ1) is 19.7. The van der Waals surface area contributed by atoms with Crippen molar-refractivity contribution < 1.29 is 0 Å². The molecule has 0 aliphatic rings. The maximum Gasteiger partial charge on any atom is 0.138 e. The van der Waals surface area contributed by atoms with Crippen molar-refractivity contribution in [3.05, 3.63) is 72.4 Å². The van der Waals surface area contributed by atoms with E-state index in [9.17, 15) is 0 Å². The molecule has 0 N–H and O–H groups in total. The Morgan fingerprint density at radius 1 is 0.680 bits per heavy atom. The minimum Gasteiger partial charge on any atom is -0.130 e. The third-order valence-electron chi connectivity index (χ3n) is 5.51. The van der Waals surface area contributed by atoms with Crippen LogP contribution in [0.5, 0.6) is 0 Å². The van der Waals surface area contributed by atoms with Crippen LogP contribution in [0.25, 0.3) is 0 Å². The Morgan fingerprint density at radius 3 is 1.52 bits per heavy atom. The SMILES string of the molecule is C[Si](/C=C/C#C[Si](C)(C)[Si](C)(C)C)(c1ccccc1)c1ccccc1. The topological polar surface area (TPSA) is 0 Å². The van der Waals surface area contributed by atoms with Gasteiger partial charge in [0, 0.05) is 0 Å². The van der Waals surface area contributed by atoms with E-state index in [-0.39, 0.29) is 0 Å². The highest BCUT2D eigenvalue weighted by Crippen LogP contribution is 2.17. The Morgan fingerprint density at radius 2 is 1.12 bits per heavy atom. The van der Waals surface area contributed by atoms with Crippen LogP contribution in [0.2, 0.25) is 39.3 Å². The summed E-state index contributed by atoms with van der Waals surface area (Å²) in [5.74, 6) is 3.43. The second-order valence-corrected chi connectivity index (χ2v) is 28.6. The van der Waals surface area contributed by atoms with Gasteiger partial charge in [0.2, 0.25) is 0 Å². The average Bonchev–Trinajstić information content (AvgIpc) is 2.59. The molecule has 0 aromatic heterocycles. The minimum atomic E-state index is -1.90. The molecule has 0 radical (unpaired) electrons. The van der Waals surface area contributed by atoms with E-state index in [0.717, 1.165) is 0 Å². The van der Waals surface area contributed by atoms with Crippen LogP contribution in [0.4, 0.5) is 0 Å². The quantitative estimate of drug-likeness (QED) is 0.537. The maximum atomic E-state index is 3.66. The molecule has 0 saturated carbocycles. The molecule has 0 aliphatic heterocycles. The summed E-state index contributed by atoms with van der Waals surface area (Å²) in [6.45, 7) is 14.6. The van der Waals surface area contributed by atoms with Crippen LogP contribution in [0.3, 0.4) is 0 Å². The summed E-state index contributed by atoms with van der Waals surface area (Å²) in [5.41, 5.74) is 6.06. The third kappa shape index (κ3) is 4.72. The lowest BCUT2D eigenvalue weighted by molar-refractivity contribution is 1.69. The van der Waals surface area contributed by atoms with Crippen LogP contribution in [0.15, 0.2) is 72.4 Å². The highest BCUT2D eigenvalue weighted by atomic mass is 29.3. The Bertz CT molecular complexity index is 733. The first-order valence-electron chi connectivity index (χ1n) is 8.98. The standard InChI is InChI=1S/C22H30Si3/c1-23(2,3)24(4,5)19-13-14-20-25(6,21-15-9-7-10-16-21)22-17-11-8-12-18-22/h7-12,14-18,20H,1-6H3/b20-14+. The van der Waals surface area contributed by atoms with Crippen molar-refractivity contribution in [2.45, 2.75) is 39.3 Å². The fourth-order valence-electron chi connectivity index (χ4n) is 2.55. The Kier molecular flexibility index (Phi) is 6.10. The molecule has 0 bridgehead atoms. The van der Waals surface area contributed by atoms with E-state index in [0.29, 0.717) is 0 Å². The molecule has 3 heteroatoms. The second-order valence-electron chi connectivity index (χ2n) is 8.41. The lowest BCUT2D eigenvalue weighted by atomic mass is 10.4. The second kappa shape index (κ2) is 7.74. The smallest absolute Gasteiger partial charge is 0.130 e. The first-order valence-corrected chi connectivity index (χ1v) is 19.1. The van der Waals surface area contributed by atoms with Crippen molar-refractivity contribution in [3.63, 3.8) is 0 Å². The summed E-state index contributed by atoms with van der Waals surface area (Å²) in [6, 6.07) is 21.8. The van der Waals surface area contributed by atoms with Crippen molar-refractivity contribution in [1.29, 1.82) is 0 Å². The monoisotopic (exact) mass is 378 g/mol. The lowest BCUT2D eigenvalue weighted by Gasteiger charge is -2.29. The van der Waals surface area contributed by atoms with Crippen molar-refractivity contribution in [2.75, 3.05) is 0 Å². The summed E-state index contributed by atoms with van der Waals surface area (Å²) < 4.78 is 0. The molecule has 2 aromatic rings. The molecule has 0 nitrogen and oxygen atoms in total. The molecule has 2 rings (SSSR count). The zero-order valence-electron chi connectivity index (χ0n) is 16.4. The van der Waals surface area contributed by atoms with Gasteiger partial charge >= 0.3 is 0 Å². The van der Waals surface area contributed by atoms with Crippen LogP contribution in [-0.2, 0) is 0 Å². The molecule has 130 valence electrons.